The molecule has 4 heteroatoms. The molecule has 0 amide bonds. The maximum absolute atomic E-state index is 4.34. The molecule has 3 nitrogen and oxygen atoms in total. The zero-order valence-corrected chi connectivity index (χ0v) is 10.3. The van der Waals surface area contributed by atoms with Gasteiger partial charge in [0.15, 0.2) is 0 Å². The van der Waals surface area contributed by atoms with E-state index in [1.807, 2.05) is 13.8 Å². The number of halogens is 1. The van der Waals surface area contributed by atoms with Crippen molar-refractivity contribution >= 4 is 28.4 Å². The minimum Gasteiger partial charge on any atom is -0.369 e. The Balaban J connectivity index is 2.92. The number of hydrogen-bond acceptors (Lipinski definition) is 3. The molecule has 0 saturated carbocycles. The van der Waals surface area contributed by atoms with Crippen molar-refractivity contribution in [3.05, 3.63) is 15.1 Å². The second-order valence-corrected chi connectivity index (χ2v) is 4.02. The summed E-state index contributed by atoms with van der Waals surface area (Å²) in [6.45, 7) is 7.03. The number of aromatic nitrogens is 2. The number of anilines is 1. The second-order valence-electron chi connectivity index (χ2n) is 2.95. The Morgan fingerprint density at radius 1 is 1.31 bits per heavy atom. The van der Waals surface area contributed by atoms with Crippen molar-refractivity contribution in [2.45, 2.75) is 27.2 Å². The van der Waals surface area contributed by atoms with Gasteiger partial charge < -0.3 is 5.32 Å². The molecule has 0 fully saturated rings. The first kappa shape index (κ1) is 10.7. The predicted molar refractivity (Wildman–Crippen MR) is 63.0 cm³/mol. The third kappa shape index (κ3) is 2.79. The molecule has 72 valence electrons. The number of nitrogens with one attached hydrogen (secondary N) is 1. The summed E-state index contributed by atoms with van der Waals surface area (Å²) in [5, 5.41) is 3.29. The fraction of sp³-hybridized carbons (Fsp3) is 0.556. The number of nitrogens with zero attached hydrogens (tertiary/aromatic N) is 2. The Morgan fingerprint density at radius 2 is 2.00 bits per heavy atom. The molecule has 0 aliphatic rings. The van der Waals surface area contributed by atoms with E-state index in [0.29, 0.717) is 0 Å². The van der Waals surface area contributed by atoms with Crippen LogP contribution in [-0.4, -0.2) is 16.5 Å². The van der Waals surface area contributed by atoms with Crippen molar-refractivity contribution in [1.29, 1.82) is 0 Å². The summed E-state index contributed by atoms with van der Waals surface area (Å²) in [5.74, 6) is 1.80. The van der Waals surface area contributed by atoms with Gasteiger partial charge in [0.2, 0.25) is 0 Å². The maximum atomic E-state index is 4.34. The van der Waals surface area contributed by atoms with Gasteiger partial charge in [-0.2, -0.15) is 0 Å². The van der Waals surface area contributed by atoms with Crippen molar-refractivity contribution in [1.82, 2.24) is 9.97 Å². The summed E-state index contributed by atoms with van der Waals surface area (Å²) >= 11 is 2.27. The largest absolute Gasteiger partial charge is 0.369 e. The van der Waals surface area contributed by atoms with Crippen LogP contribution in [0.4, 0.5) is 5.82 Å². The molecule has 0 aliphatic carbocycles. The first-order chi connectivity index (χ1) is 6.15. The summed E-state index contributed by atoms with van der Waals surface area (Å²) in [7, 11) is 0. The third-order valence-electron chi connectivity index (χ3n) is 1.67. The van der Waals surface area contributed by atoms with E-state index in [1.54, 1.807) is 0 Å². The van der Waals surface area contributed by atoms with Gasteiger partial charge in [-0.25, -0.2) is 9.97 Å². The summed E-state index contributed by atoms with van der Waals surface area (Å²) in [6, 6.07) is 0. The molecule has 1 heterocycles. The Hall–Kier alpha value is -0.390. The van der Waals surface area contributed by atoms with Crippen LogP contribution in [0.5, 0.6) is 0 Å². The standard InChI is InChI=1S/C9H14IN3/c1-4-5-11-9-8(10)6(2)12-7(3)13-9/h4-5H2,1-3H3,(H,11,12,13). The van der Waals surface area contributed by atoms with E-state index in [9.17, 15) is 0 Å². The molecule has 0 aliphatic heterocycles. The average Bonchev–Trinajstić information content (AvgIpc) is 2.09. The van der Waals surface area contributed by atoms with Gasteiger partial charge >= 0.3 is 0 Å². The third-order valence-corrected chi connectivity index (χ3v) is 2.96. The zero-order valence-electron chi connectivity index (χ0n) is 8.19. The summed E-state index contributed by atoms with van der Waals surface area (Å²) in [5.41, 5.74) is 1.05. The van der Waals surface area contributed by atoms with E-state index in [-0.39, 0.29) is 0 Å². The SMILES string of the molecule is CCCNc1nc(C)nc(C)c1I. The van der Waals surface area contributed by atoms with Crippen molar-refractivity contribution in [2.75, 3.05) is 11.9 Å². The molecule has 13 heavy (non-hydrogen) atoms. The highest BCUT2D eigenvalue weighted by Gasteiger charge is 2.05. The molecule has 1 N–H and O–H groups in total. The van der Waals surface area contributed by atoms with Crippen molar-refractivity contribution in [3.63, 3.8) is 0 Å². The van der Waals surface area contributed by atoms with Gasteiger partial charge in [-0.1, -0.05) is 6.92 Å². The van der Waals surface area contributed by atoms with Crippen molar-refractivity contribution in [2.24, 2.45) is 0 Å². The van der Waals surface area contributed by atoms with Gasteiger partial charge in [0, 0.05) is 6.54 Å². The second kappa shape index (κ2) is 4.74. The van der Waals surface area contributed by atoms with E-state index < -0.39 is 0 Å². The van der Waals surface area contributed by atoms with Gasteiger partial charge in [-0.05, 0) is 42.9 Å². The Bertz CT molecular complexity index is 299. The van der Waals surface area contributed by atoms with E-state index in [0.717, 1.165) is 33.9 Å². The number of hydrogen-bond donors (Lipinski definition) is 1. The molecular formula is C9H14IN3. The molecule has 0 bridgehead atoms. The summed E-state index contributed by atoms with van der Waals surface area (Å²) < 4.78 is 1.12. The first-order valence-electron chi connectivity index (χ1n) is 4.39. The molecule has 0 atom stereocenters. The maximum Gasteiger partial charge on any atom is 0.143 e. The fourth-order valence-electron chi connectivity index (χ4n) is 1.06. The number of rotatable bonds is 3. The van der Waals surface area contributed by atoms with Gasteiger partial charge in [-0.3, -0.25) is 0 Å². The molecule has 1 rings (SSSR count). The van der Waals surface area contributed by atoms with Crippen LogP contribution in [0.2, 0.25) is 0 Å². The highest BCUT2D eigenvalue weighted by Crippen LogP contribution is 2.17. The Kier molecular flexibility index (Phi) is 3.90. The lowest BCUT2D eigenvalue weighted by Gasteiger charge is -2.08. The van der Waals surface area contributed by atoms with Crippen LogP contribution in [0.25, 0.3) is 0 Å². The lowest BCUT2D eigenvalue weighted by Crippen LogP contribution is -2.07. The average molecular weight is 291 g/mol. The highest BCUT2D eigenvalue weighted by atomic mass is 127. The molecule has 1 aromatic heterocycles. The fourth-order valence-corrected chi connectivity index (χ4v) is 1.49. The normalized spacial score (nSPS) is 10.2. The Morgan fingerprint density at radius 3 is 2.62 bits per heavy atom. The molecule has 1 aromatic rings. The number of aryl methyl sites for hydroxylation is 2. The lowest BCUT2D eigenvalue weighted by atomic mass is 10.4. The summed E-state index contributed by atoms with van der Waals surface area (Å²) in [4.78, 5) is 8.62. The van der Waals surface area contributed by atoms with Gasteiger partial charge in [0.1, 0.15) is 11.6 Å². The van der Waals surface area contributed by atoms with Crippen molar-refractivity contribution < 1.29 is 0 Å². The van der Waals surface area contributed by atoms with E-state index in [2.05, 4.69) is 44.8 Å². The molecular weight excluding hydrogens is 277 g/mol. The van der Waals surface area contributed by atoms with Crippen LogP contribution in [0.3, 0.4) is 0 Å². The monoisotopic (exact) mass is 291 g/mol. The van der Waals surface area contributed by atoms with Crippen LogP contribution in [0.1, 0.15) is 24.9 Å². The first-order valence-corrected chi connectivity index (χ1v) is 5.47. The van der Waals surface area contributed by atoms with Crippen LogP contribution < -0.4 is 5.32 Å². The Labute approximate surface area is 92.5 Å². The van der Waals surface area contributed by atoms with Crippen LogP contribution in [-0.2, 0) is 0 Å². The van der Waals surface area contributed by atoms with Crippen molar-refractivity contribution in [3.8, 4) is 0 Å². The van der Waals surface area contributed by atoms with E-state index in [4.69, 9.17) is 0 Å². The molecule has 0 saturated heterocycles. The van der Waals surface area contributed by atoms with E-state index in [1.165, 1.54) is 0 Å². The predicted octanol–water partition coefficient (Wildman–Crippen LogP) is 2.52. The van der Waals surface area contributed by atoms with Gasteiger partial charge in [0.05, 0.1) is 9.26 Å². The van der Waals surface area contributed by atoms with Crippen LogP contribution in [0, 0.1) is 17.4 Å². The van der Waals surface area contributed by atoms with E-state index >= 15 is 0 Å². The van der Waals surface area contributed by atoms with Gasteiger partial charge in [-0.15, -0.1) is 0 Å². The molecule has 0 aromatic carbocycles. The minimum atomic E-state index is 0.830. The quantitative estimate of drug-likeness (QED) is 0.870. The lowest BCUT2D eigenvalue weighted by molar-refractivity contribution is 0.938. The molecule has 0 radical (unpaired) electrons. The highest BCUT2D eigenvalue weighted by molar-refractivity contribution is 14.1. The molecule has 0 spiro atoms. The summed E-state index contributed by atoms with van der Waals surface area (Å²) in [6.07, 6.45) is 1.11. The van der Waals surface area contributed by atoms with Crippen LogP contribution >= 0.6 is 22.6 Å². The minimum absolute atomic E-state index is 0.830. The molecule has 0 unspecified atom stereocenters. The van der Waals surface area contributed by atoms with Gasteiger partial charge in [0.25, 0.3) is 0 Å². The smallest absolute Gasteiger partial charge is 0.143 e. The topological polar surface area (TPSA) is 37.8 Å². The zero-order chi connectivity index (χ0) is 9.84. The van der Waals surface area contributed by atoms with Crippen LogP contribution in [0.15, 0.2) is 0 Å².